The summed E-state index contributed by atoms with van der Waals surface area (Å²) < 4.78 is 12.6. The van der Waals surface area contributed by atoms with E-state index in [1.807, 2.05) is 29.0 Å². The van der Waals surface area contributed by atoms with Crippen LogP contribution < -0.4 is 16.4 Å². The van der Waals surface area contributed by atoms with Crippen molar-refractivity contribution in [1.82, 2.24) is 9.55 Å². The van der Waals surface area contributed by atoms with Gasteiger partial charge < -0.3 is 25.1 Å². The highest BCUT2D eigenvalue weighted by Gasteiger charge is 2.20. The van der Waals surface area contributed by atoms with E-state index in [2.05, 4.69) is 35.0 Å². The molecule has 10 heteroatoms. The van der Waals surface area contributed by atoms with Crippen LogP contribution in [-0.4, -0.2) is 43.3 Å². The number of ether oxygens (including phenoxy) is 2. The van der Waals surface area contributed by atoms with Crippen LogP contribution in [0.2, 0.25) is 25.7 Å². The number of carbonyl (C=O) groups is 2. The molecule has 184 valence electrons. The molecule has 0 radical (unpaired) electrons. The van der Waals surface area contributed by atoms with E-state index in [1.165, 1.54) is 7.11 Å². The number of fused-ring (bicyclic) bond motifs is 4. The van der Waals surface area contributed by atoms with Crippen LogP contribution in [0.25, 0.3) is 11.3 Å². The van der Waals surface area contributed by atoms with Crippen molar-refractivity contribution in [2.75, 3.05) is 24.4 Å². The van der Waals surface area contributed by atoms with Gasteiger partial charge in [0.2, 0.25) is 5.91 Å². The molecule has 34 heavy (non-hydrogen) atoms. The Balaban J connectivity index is 1.96. The predicted molar refractivity (Wildman–Crippen MR) is 136 cm³/mol. The number of nitrogens with zero attached hydrogens (tertiary/aromatic N) is 2. The average molecular weight is 486 g/mol. The molecular formula is C24H35N5O4Si. The van der Waals surface area contributed by atoms with Crippen molar-refractivity contribution in [3.8, 4) is 11.3 Å². The van der Waals surface area contributed by atoms with Gasteiger partial charge in [-0.15, -0.1) is 0 Å². The van der Waals surface area contributed by atoms with E-state index in [4.69, 9.17) is 15.5 Å². The first-order valence-corrected chi connectivity index (χ1v) is 15.2. The lowest BCUT2D eigenvalue weighted by atomic mass is 10.1. The van der Waals surface area contributed by atoms with Gasteiger partial charge in [0, 0.05) is 38.5 Å². The standard InChI is InChI=1S/C24H35N5O4Si/c1-32-24(31)26-17-10-11-18-20(14-17)27-22(30)9-7-5-6-8-19(25)23-28-21(18)15-29(23)16-33-12-13-34(2,3)4/h5-6,10-11,14-15,19H,7-9,12-13,16,25H2,1-4H3,(H,26,31)(H,27,30)/b6-5-/t19-/m0/s1. The van der Waals surface area contributed by atoms with Gasteiger partial charge in [0.15, 0.2) is 0 Å². The van der Waals surface area contributed by atoms with Crippen LogP contribution >= 0.6 is 0 Å². The monoisotopic (exact) mass is 485 g/mol. The lowest BCUT2D eigenvalue weighted by Crippen LogP contribution is -2.22. The van der Waals surface area contributed by atoms with E-state index in [0.717, 1.165) is 17.4 Å². The van der Waals surface area contributed by atoms with Crippen LogP contribution in [0.3, 0.4) is 0 Å². The molecule has 1 aromatic heterocycles. The fourth-order valence-corrected chi connectivity index (χ4v) is 4.27. The minimum atomic E-state index is -1.20. The number of rotatable bonds is 6. The third-order valence-electron chi connectivity index (χ3n) is 5.46. The number of amides is 2. The summed E-state index contributed by atoms with van der Waals surface area (Å²) in [7, 11) is 0.101. The Kier molecular flexibility index (Phi) is 8.65. The van der Waals surface area contributed by atoms with E-state index in [0.29, 0.717) is 49.7 Å². The zero-order chi connectivity index (χ0) is 24.7. The Bertz CT molecular complexity index is 1040. The molecule has 0 aliphatic carbocycles. The fourth-order valence-electron chi connectivity index (χ4n) is 3.51. The Hall–Kier alpha value is -2.95. The second-order valence-electron chi connectivity index (χ2n) is 9.58. The Morgan fingerprint density at radius 1 is 1.32 bits per heavy atom. The highest BCUT2D eigenvalue weighted by atomic mass is 28.3. The van der Waals surface area contributed by atoms with Gasteiger partial charge in [0.25, 0.3) is 0 Å². The van der Waals surface area contributed by atoms with Gasteiger partial charge in [0.05, 0.1) is 24.5 Å². The van der Waals surface area contributed by atoms with Crippen LogP contribution in [0.15, 0.2) is 36.5 Å². The Morgan fingerprint density at radius 2 is 2.12 bits per heavy atom. The summed E-state index contributed by atoms with van der Waals surface area (Å²) in [5, 5.41) is 5.59. The maximum absolute atomic E-state index is 12.6. The van der Waals surface area contributed by atoms with Crippen molar-refractivity contribution in [3.63, 3.8) is 0 Å². The molecule has 0 saturated carbocycles. The minimum absolute atomic E-state index is 0.126. The van der Waals surface area contributed by atoms with Crippen LogP contribution in [0.5, 0.6) is 0 Å². The van der Waals surface area contributed by atoms with Gasteiger partial charge in [-0.05, 0) is 37.1 Å². The van der Waals surface area contributed by atoms with Gasteiger partial charge in [-0.1, -0.05) is 31.8 Å². The molecule has 1 aliphatic rings. The molecule has 9 nitrogen and oxygen atoms in total. The van der Waals surface area contributed by atoms with Gasteiger partial charge in [-0.2, -0.15) is 0 Å². The third-order valence-corrected chi connectivity index (χ3v) is 7.17. The summed E-state index contributed by atoms with van der Waals surface area (Å²) >= 11 is 0. The maximum atomic E-state index is 12.6. The molecule has 2 aromatic rings. The van der Waals surface area contributed by atoms with Gasteiger partial charge in [0.1, 0.15) is 12.6 Å². The highest BCUT2D eigenvalue weighted by molar-refractivity contribution is 6.76. The van der Waals surface area contributed by atoms with Crippen molar-refractivity contribution in [2.45, 2.75) is 57.7 Å². The second kappa shape index (κ2) is 11.5. The number of methoxy groups -OCH3 is 1. The number of anilines is 2. The van der Waals surface area contributed by atoms with Crippen LogP contribution in [-0.2, 0) is 21.0 Å². The van der Waals surface area contributed by atoms with Crippen molar-refractivity contribution in [1.29, 1.82) is 0 Å². The molecule has 0 unspecified atom stereocenters. The summed E-state index contributed by atoms with van der Waals surface area (Å²) in [4.78, 5) is 29.0. The molecule has 2 heterocycles. The van der Waals surface area contributed by atoms with Crippen LogP contribution in [0.4, 0.5) is 16.2 Å². The van der Waals surface area contributed by atoms with Gasteiger partial charge in [-0.25, -0.2) is 9.78 Å². The second-order valence-corrected chi connectivity index (χ2v) is 15.2. The predicted octanol–water partition coefficient (Wildman–Crippen LogP) is 4.72. The summed E-state index contributed by atoms with van der Waals surface area (Å²) in [5.41, 5.74) is 8.94. The van der Waals surface area contributed by atoms with Crippen molar-refractivity contribution in [3.05, 3.63) is 42.4 Å². The van der Waals surface area contributed by atoms with Gasteiger partial charge in [-0.3, -0.25) is 10.1 Å². The number of benzene rings is 1. The number of nitrogens with one attached hydrogen (secondary N) is 2. The zero-order valence-electron chi connectivity index (χ0n) is 20.4. The molecule has 0 spiro atoms. The number of nitrogens with two attached hydrogens (primary N) is 1. The van der Waals surface area contributed by atoms with E-state index in [9.17, 15) is 9.59 Å². The summed E-state index contributed by atoms with van der Waals surface area (Å²) in [6.45, 7) is 7.99. The first-order chi connectivity index (χ1) is 16.2. The van der Waals surface area contributed by atoms with Crippen molar-refractivity contribution < 1.29 is 19.1 Å². The summed E-state index contributed by atoms with van der Waals surface area (Å²) in [5.74, 6) is 0.597. The zero-order valence-corrected chi connectivity index (χ0v) is 21.4. The molecule has 1 aliphatic heterocycles. The topological polar surface area (TPSA) is 121 Å². The maximum Gasteiger partial charge on any atom is 0.411 e. The first-order valence-electron chi connectivity index (χ1n) is 11.5. The molecule has 1 atom stereocenters. The molecule has 3 rings (SSSR count). The number of allylic oxidation sites excluding steroid dienone is 1. The Labute approximate surface area is 201 Å². The van der Waals surface area contributed by atoms with Crippen LogP contribution in [0.1, 0.15) is 31.1 Å². The van der Waals surface area contributed by atoms with E-state index < -0.39 is 14.2 Å². The van der Waals surface area contributed by atoms with Crippen LogP contribution in [0, 0.1) is 0 Å². The molecular weight excluding hydrogens is 450 g/mol. The Morgan fingerprint density at radius 3 is 2.85 bits per heavy atom. The quantitative estimate of drug-likeness (QED) is 0.309. The van der Waals surface area contributed by atoms with Crippen molar-refractivity contribution in [2.24, 2.45) is 5.73 Å². The number of carbonyl (C=O) groups excluding carboxylic acids is 2. The molecule has 2 bridgehead atoms. The SMILES string of the molecule is COC(=O)Nc1ccc2c(c1)NC(=O)CC/C=C\C[C@H](N)c1nc-2cn1COCC[Si](C)(C)C. The number of aromatic nitrogens is 2. The smallest absolute Gasteiger partial charge is 0.411 e. The van der Waals surface area contributed by atoms with E-state index in [1.54, 1.807) is 12.1 Å². The fraction of sp³-hybridized carbons (Fsp3) is 0.458. The summed E-state index contributed by atoms with van der Waals surface area (Å²) in [6, 6.07) is 6.02. The number of imidazole rings is 1. The number of hydrogen-bond donors (Lipinski definition) is 3. The lowest BCUT2D eigenvalue weighted by molar-refractivity contribution is -0.116. The molecule has 0 saturated heterocycles. The molecule has 1 aromatic carbocycles. The largest absolute Gasteiger partial charge is 0.453 e. The molecule has 4 N–H and O–H groups in total. The summed E-state index contributed by atoms with van der Waals surface area (Å²) in [6.07, 6.45) is 6.82. The molecule has 0 fully saturated rings. The van der Waals surface area contributed by atoms with Crippen molar-refractivity contribution >= 4 is 31.4 Å². The van der Waals surface area contributed by atoms with Gasteiger partial charge >= 0.3 is 6.09 Å². The normalized spacial score (nSPS) is 17.4. The van der Waals surface area contributed by atoms with E-state index in [-0.39, 0.29) is 11.9 Å². The lowest BCUT2D eigenvalue weighted by Gasteiger charge is -2.17. The minimum Gasteiger partial charge on any atom is -0.453 e. The highest BCUT2D eigenvalue weighted by Crippen LogP contribution is 2.32. The number of hydrogen-bond acceptors (Lipinski definition) is 6. The first kappa shape index (κ1) is 25.7. The van der Waals surface area contributed by atoms with E-state index >= 15 is 0 Å². The third kappa shape index (κ3) is 7.27. The average Bonchev–Trinajstić information content (AvgIpc) is 3.19. The molecule has 2 amide bonds.